The molecule has 0 aliphatic rings. The molecule has 1 N–H and O–H groups in total. The molecular weight excluding hydrogens is 318 g/mol. The summed E-state index contributed by atoms with van der Waals surface area (Å²) in [5, 5.41) is 3.00. The first-order valence-corrected chi connectivity index (χ1v) is 7.27. The number of amides is 1. The number of rotatable bonds is 6. The molecule has 0 unspecified atom stereocenters. The first-order valence-electron chi connectivity index (χ1n) is 6.89. The minimum absolute atomic E-state index is 0.366. The summed E-state index contributed by atoms with van der Waals surface area (Å²) < 4.78 is 10.0. The van der Waals surface area contributed by atoms with Gasteiger partial charge in [0.15, 0.2) is 6.61 Å². The quantitative estimate of drug-likeness (QED) is 0.824. The third-order valence-electron chi connectivity index (χ3n) is 2.96. The number of anilines is 1. The van der Waals surface area contributed by atoms with Crippen molar-refractivity contribution in [2.75, 3.05) is 19.0 Å². The van der Waals surface area contributed by atoms with Gasteiger partial charge in [-0.2, -0.15) is 0 Å². The normalized spacial score (nSPS) is 10.2. The van der Waals surface area contributed by atoms with Crippen molar-refractivity contribution in [2.45, 2.75) is 6.61 Å². The van der Waals surface area contributed by atoms with Crippen molar-refractivity contribution in [1.29, 1.82) is 0 Å². The Morgan fingerprint density at radius 1 is 1.13 bits per heavy atom. The van der Waals surface area contributed by atoms with Crippen LogP contribution in [-0.4, -0.2) is 25.6 Å². The number of benzene rings is 2. The van der Waals surface area contributed by atoms with Gasteiger partial charge in [0, 0.05) is 7.11 Å². The van der Waals surface area contributed by atoms with Gasteiger partial charge in [-0.1, -0.05) is 35.9 Å². The number of ether oxygens (including phenoxy) is 2. The monoisotopic (exact) mass is 333 g/mol. The Morgan fingerprint density at radius 2 is 1.91 bits per heavy atom. The van der Waals surface area contributed by atoms with Crippen LogP contribution in [0.3, 0.4) is 0 Å². The molecular formula is C17H16ClNO4. The first kappa shape index (κ1) is 17.0. The predicted octanol–water partition coefficient (Wildman–Crippen LogP) is 3.28. The summed E-state index contributed by atoms with van der Waals surface area (Å²) in [6, 6.07) is 13.7. The number of para-hydroxylation sites is 1. The maximum absolute atomic E-state index is 12.0. The highest BCUT2D eigenvalue weighted by Crippen LogP contribution is 2.20. The van der Waals surface area contributed by atoms with Crippen LogP contribution in [0.25, 0.3) is 0 Å². The van der Waals surface area contributed by atoms with Gasteiger partial charge in [0.2, 0.25) is 0 Å². The molecule has 120 valence electrons. The van der Waals surface area contributed by atoms with Crippen molar-refractivity contribution >= 4 is 29.2 Å². The molecule has 2 aromatic carbocycles. The summed E-state index contributed by atoms with van der Waals surface area (Å²) in [6.45, 7) is 0.00662. The van der Waals surface area contributed by atoms with E-state index in [1.807, 2.05) is 6.07 Å². The molecule has 0 heterocycles. The number of halogens is 1. The van der Waals surface area contributed by atoms with Crippen molar-refractivity contribution < 1.29 is 19.1 Å². The van der Waals surface area contributed by atoms with Crippen LogP contribution in [0, 0.1) is 0 Å². The average Bonchev–Trinajstić information content (AvgIpc) is 2.55. The van der Waals surface area contributed by atoms with Crippen LogP contribution in [0.15, 0.2) is 48.5 Å². The number of hydrogen-bond acceptors (Lipinski definition) is 4. The van der Waals surface area contributed by atoms with E-state index in [1.54, 1.807) is 49.6 Å². The number of esters is 1. The Morgan fingerprint density at radius 3 is 2.65 bits per heavy atom. The minimum atomic E-state index is -0.572. The van der Waals surface area contributed by atoms with E-state index in [4.69, 9.17) is 21.1 Å². The second kappa shape index (κ2) is 8.31. The molecule has 5 nitrogen and oxygen atoms in total. The predicted molar refractivity (Wildman–Crippen MR) is 87.5 cm³/mol. The molecule has 0 bridgehead atoms. The van der Waals surface area contributed by atoms with E-state index < -0.39 is 18.5 Å². The van der Waals surface area contributed by atoms with Crippen LogP contribution in [-0.2, 0) is 20.9 Å². The van der Waals surface area contributed by atoms with E-state index in [2.05, 4.69) is 5.32 Å². The van der Waals surface area contributed by atoms with Gasteiger partial charge in [-0.15, -0.1) is 0 Å². The molecule has 23 heavy (non-hydrogen) atoms. The standard InChI is InChI=1S/C17H16ClNO4/c1-22-10-12-5-4-6-13(9-12)17(21)23-11-16(20)19-15-8-3-2-7-14(15)18/h2-9H,10-11H2,1H3,(H,19,20). The molecule has 0 aliphatic carbocycles. The Balaban J connectivity index is 1.90. The van der Waals surface area contributed by atoms with Crippen molar-refractivity contribution in [3.8, 4) is 0 Å². The third kappa shape index (κ3) is 5.09. The van der Waals surface area contributed by atoms with Gasteiger partial charge in [0.05, 0.1) is 22.9 Å². The third-order valence-corrected chi connectivity index (χ3v) is 3.29. The molecule has 0 aromatic heterocycles. The van der Waals surface area contributed by atoms with Gasteiger partial charge >= 0.3 is 5.97 Å². The van der Waals surface area contributed by atoms with Crippen LogP contribution in [0.1, 0.15) is 15.9 Å². The molecule has 6 heteroatoms. The molecule has 2 aromatic rings. The molecule has 0 atom stereocenters. The van der Waals surface area contributed by atoms with Crippen LogP contribution >= 0.6 is 11.6 Å². The van der Waals surface area contributed by atoms with Crippen LogP contribution in [0.4, 0.5) is 5.69 Å². The summed E-state index contributed by atoms with van der Waals surface area (Å²) in [6.07, 6.45) is 0. The summed E-state index contributed by atoms with van der Waals surface area (Å²) in [5.41, 5.74) is 1.69. The molecule has 0 saturated heterocycles. The zero-order valence-electron chi connectivity index (χ0n) is 12.5. The van der Waals surface area contributed by atoms with Crippen LogP contribution in [0.2, 0.25) is 5.02 Å². The maximum atomic E-state index is 12.0. The lowest BCUT2D eigenvalue weighted by Crippen LogP contribution is -2.21. The zero-order chi connectivity index (χ0) is 16.7. The van der Waals surface area contributed by atoms with E-state index in [9.17, 15) is 9.59 Å². The molecule has 0 aliphatic heterocycles. The van der Waals surface area contributed by atoms with Gasteiger partial charge in [0.1, 0.15) is 0 Å². The minimum Gasteiger partial charge on any atom is -0.452 e. The lowest BCUT2D eigenvalue weighted by atomic mass is 10.1. The van der Waals surface area contributed by atoms with E-state index in [1.165, 1.54) is 0 Å². The number of nitrogens with one attached hydrogen (secondary N) is 1. The lowest BCUT2D eigenvalue weighted by Gasteiger charge is -2.08. The maximum Gasteiger partial charge on any atom is 0.338 e. The zero-order valence-corrected chi connectivity index (χ0v) is 13.3. The van der Waals surface area contributed by atoms with Gasteiger partial charge < -0.3 is 14.8 Å². The van der Waals surface area contributed by atoms with Gasteiger partial charge in [-0.25, -0.2) is 4.79 Å². The SMILES string of the molecule is COCc1cccc(C(=O)OCC(=O)Nc2ccccc2Cl)c1. The van der Waals surface area contributed by atoms with Crippen molar-refractivity contribution in [3.05, 3.63) is 64.7 Å². The highest BCUT2D eigenvalue weighted by Gasteiger charge is 2.11. The van der Waals surface area contributed by atoms with Crippen molar-refractivity contribution in [2.24, 2.45) is 0 Å². The molecule has 2 rings (SSSR count). The number of carbonyl (C=O) groups excluding carboxylic acids is 2. The second-order valence-corrected chi connectivity index (χ2v) is 5.14. The molecule has 0 fully saturated rings. The highest BCUT2D eigenvalue weighted by atomic mass is 35.5. The van der Waals surface area contributed by atoms with E-state index in [0.29, 0.717) is 22.9 Å². The van der Waals surface area contributed by atoms with Crippen molar-refractivity contribution in [3.63, 3.8) is 0 Å². The van der Waals surface area contributed by atoms with Crippen molar-refractivity contribution in [1.82, 2.24) is 0 Å². The number of methoxy groups -OCH3 is 1. The Hall–Kier alpha value is -2.37. The Labute approximate surface area is 139 Å². The average molecular weight is 334 g/mol. The highest BCUT2D eigenvalue weighted by molar-refractivity contribution is 6.33. The fourth-order valence-corrected chi connectivity index (χ4v) is 2.10. The first-order chi connectivity index (χ1) is 11.1. The molecule has 0 saturated carbocycles. The van der Waals surface area contributed by atoms with E-state index >= 15 is 0 Å². The van der Waals surface area contributed by atoms with E-state index in [-0.39, 0.29) is 0 Å². The summed E-state index contributed by atoms with van der Waals surface area (Å²) >= 11 is 5.94. The fraction of sp³-hybridized carbons (Fsp3) is 0.176. The molecule has 0 spiro atoms. The number of hydrogen-bond donors (Lipinski definition) is 1. The smallest absolute Gasteiger partial charge is 0.338 e. The van der Waals surface area contributed by atoms with Crippen LogP contribution < -0.4 is 5.32 Å². The van der Waals surface area contributed by atoms with Gasteiger partial charge in [-0.05, 0) is 29.8 Å². The fourth-order valence-electron chi connectivity index (χ4n) is 1.92. The van der Waals surface area contributed by atoms with Gasteiger partial charge in [-0.3, -0.25) is 4.79 Å². The molecule has 1 amide bonds. The second-order valence-electron chi connectivity index (χ2n) is 4.74. The summed E-state index contributed by atoms with van der Waals surface area (Å²) in [5.74, 6) is -1.03. The van der Waals surface area contributed by atoms with Crippen LogP contribution in [0.5, 0.6) is 0 Å². The summed E-state index contributed by atoms with van der Waals surface area (Å²) in [4.78, 5) is 23.8. The topological polar surface area (TPSA) is 64.6 Å². The molecule has 0 radical (unpaired) electrons. The summed E-state index contributed by atoms with van der Waals surface area (Å²) in [7, 11) is 1.57. The largest absolute Gasteiger partial charge is 0.452 e. The van der Waals surface area contributed by atoms with E-state index in [0.717, 1.165) is 5.56 Å². The Bertz CT molecular complexity index is 702. The van der Waals surface area contributed by atoms with Gasteiger partial charge in [0.25, 0.3) is 5.91 Å². The number of carbonyl (C=O) groups is 2. The Kier molecular flexibility index (Phi) is 6.14. The lowest BCUT2D eigenvalue weighted by molar-refractivity contribution is -0.119.